The lowest BCUT2D eigenvalue weighted by Gasteiger charge is -2.47. The molecule has 37 heavy (non-hydrogen) atoms. The maximum atomic E-state index is 11.9. The lowest BCUT2D eigenvalue weighted by molar-refractivity contribution is 0.128. The number of thioether (sulfide) groups is 1. The van der Waals surface area contributed by atoms with Gasteiger partial charge in [-0.25, -0.2) is 0 Å². The van der Waals surface area contributed by atoms with Crippen molar-refractivity contribution in [3.8, 4) is 0 Å². The van der Waals surface area contributed by atoms with Crippen LogP contribution in [-0.4, -0.2) is 35.9 Å². The molecule has 0 spiro atoms. The molecule has 2 N–H and O–H groups in total. The van der Waals surface area contributed by atoms with E-state index >= 15 is 0 Å². The zero-order chi connectivity index (χ0) is 26.3. The first-order valence-electron chi connectivity index (χ1n) is 13.0. The van der Waals surface area contributed by atoms with Gasteiger partial charge < -0.3 is 10.2 Å². The summed E-state index contributed by atoms with van der Waals surface area (Å²) >= 11 is 1.65. The lowest BCUT2D eigenvalue weighted by atomic mass is 10.1. The van der Waals surface area contributed by atoms with E-state index in [9.17, 15) is 10.2 Å². The Labute approximate surface area is 227 Å². The second-order valence-electron chi connectivity index (χ2n) is 10.8. The lowest BCUT2D eigenvalue weighted by Crippen LogP contribution is -2.72. The predicted molar refractivity (Wildman–Crippen MR) is 161 cm³/mol. The standard InChI is InChI=1S/C33H38O2SSi/c1-33(2,3)37(30-15-9-5-10-16-30,31-17-11-6-12-18-31)32(35)24-28(34)25-36-29-21-19-27(20-22-29)23-26-13-7-4-8-14-26/h4-22,28,32,34-35H,23-25H2,1-3H3. The van der Waals surface area contributed by atoms with E-state index in [1.165, 1.54) is 21.5 Å². The number of benzene rings is 4. The topological polar surface area (TPSA) is 40.5 Å². The first-order chi connectivity index (χ1) is 17.8. The molecule has 0 heterocycles. The molecule has 0 aromatic heterocycles. The van der Waals surface area contributed by atoms with Crippen LogP contribution in [-0.2, 0) is 6.42 Å². The van der Waals surface area contributed by atoms with Crippen molar-refractivity contribution in [1.82, 2.24) is 0 Å². The average molecular weight is 527 g/mol. The summed E-state index contributed by atoms with van der Waals surface area (Å²) in [6.45, 7) is 6.71. The number of hydrogen-bond donors (Lipinski definition) is 2. The Morgan fingerprint density at radius 3 is 1.59 bits per heavy atom. The van der Waals surface area contributed by atoms with Gasteiger partial charge in [-0.3, -0.25) is 0 Å². The summed E-state index contributed by atoms with van der Waals surface area (Å²) in [4.78, 5) is 1.13. The fourth-order valence-corrected chi connectivity index (χ4v) is 12.3. The zero-order valence-electron chi connectivity index (χ0n) is 22.0. The van der Waals surface area contributed by atoms with Crippen LogP contribution in [0.4, 0.5) is 0 Å². The Morgan fingerprint density at radius 1 is 0.649 bits per heavy atom. The highest BCUT2D eigenvalue weighted by Crippen LogP contribution is 2.39. The molecule has 2 atom stereocenters. The van der Waals surface area contributed by atoms with Crippen LogP contribution in [0.5, 0.6) is 0 Å². The van der Waals surface area contributed by atoms with Gasteiger partial charge in [0, 0.05) is 10.6 Å². The van der Waals surface area contributed by atoms with Crippen molar-refractivity contribution in [3.05, 3.63) is 126 Å². The molecule has 0 aliphatic heterocycles. The quantitative estimate of drug-likeness (QED) is 0.194. The summed E-state index contributed by atoms with van der Waals surface area (Å²) in [5.41, 5.74) is 1.95. The van der Waals surface area contributed by atoms with Crippen LogP contribution in [0.25, 0.3) is 0 Å². The first-order valence-corrected chi connectivity index (χ1v) is 16.1. The van der Waals surface area contributed by atoms with Gasteiger partial charge in [0.25, 0.3) is 0 Å². The molecular formula is C33H38O2SSi. The smallest absolute Gasteiger partial charge is 0.153 e. The summed E-state index contributed by atoms with van der Waals surface area (Å²) in [5, 5.41) is 25.3. The van der Waals surface area contributed by atoms with E-state index in [1.54, 1.807) is 11.8 Å². The van der Waals surface area contributed by atoms with Crippen LogP contribution < -0.4 is 10.4 Å². The SMILES string of the molecule is CC(C)(C)[Si](c1ccccc1)(c1ccccc1)C(O)CC(O)CSc1ccc(Cc2ccccc2)cc1. The normalized spacial score (nSPS) is 13.8. The summed E-state index contributed by atoms with van der Waals surface area (Å²) in [6, 6.07) is 40.0. The van der Waals surface area contributed by atoms with Crippen molar-refractivity contribution in [1.29, 1.82) is 0 Å². The second-order valence-corrected chi connectivity index (χ2v) is 16.8. The van der Waals surface area contributed by atoms with Crippen LogP contribution in [0, 0.1) is 0 Å². The number of aliphatic hydroxyl groups is 2. The molecule has 2 unspecified atom stereocenters. The highest BCUT2D eigenvalue weighted by molar-refractivity contribution is 7.99. The average Bonchev–Trinajstić information content (AvgIpc) is 2.90. The molecule has 4 heteroatoms. The first kappa shape index (κ1) is 27.4. The van der Waals surface area contributed by atoms with Gasteiger partial charge in [0.05, 0.1) is 11.8 Å². The Morgan fingerprint density at radius 2 is 1.11 bits per heavy atom. The van der Waals surface area contributed by atoms with Crippen molar-refractivity contribution in [2.45, 2.75) is 55.4 Å². The van der Waals surface area contributed by atoms with Crippen LogP contribution >= 0.6 is 11.8 Å². The number of rotatable bonds is 10. The molecule has 2 nitrogen and oxygen atoms in total. The summed E-state index contributed by atoms with van der Waals surface area (Å²) in [5.74, 6) is 0.549. The summed E-state index contributed by atoms with van der Waals surface area (Å²) in [6.07, 6.45) is 0.663. The molecule has 0 saturated carbocycles. The van der Waals surface area contributed by atoms with Crippen molar-refractivity contribution < 1.29 is 10.2 Å². The molecule has 0 aliphatic rings. The second kappa shape index (κ2) is 12.3. The molecule has 0 aliphatic carbocycles. The van der Waals surface area contributed by atoms with Gasteiger partial charge in [-0.15, -0.1) is 11.8 Å². The molecule has 0 bridgehead atoms. The third-order valence-corrected chi connectivity index (χ3v) is 14.5. The fourth-order valence-electron chi connectivity index (χ4n) is 5.55. The predicted octanol–water partition coefficient (Wildman–Crippen LogP) is 6.08. The van der Waals surface area contributed by atoms with Gasteiger partial charge in [-0.05, 0) is 41.1 Å². The minimum absolute atomic E-state index is 0.156. The van der Waals surface area contributed by atoms with Crippen LogP contribution in [0.2, 0.25) is 5.04 Å². The van der Waals surface area contributed by atoms with Gasteiger partial charge >= 0.3 is 0 Å². The van der Waals surface area contributed by atoms with Gasteiger partial charge in [0.15, 0.2) is 8.07 Å². The van der Waals surface area contributed by atoms with E-state index < -0.39 is 19.9 Å². The highest BCUT2D eigenvalue weighted by atomic mass is 32.2. The number of aliphatic hydroxyl groups excluding tert-OH is 2. The van der Waals surface area contributed by atoms with Gasteiger partial charge in [0.2, 0.25) is 0 Å². The highest BCUT2D eigenvalue weighted by Gasteiger charge is 2.53. The Balaban J connectivity index is 1.48. The van der Waals surface area contributed by atoms with Crippen molar-refractivity contribution in [2.75, 3.05) is 5.75 Å². The van der Waals surface area contributed by atoms with E-state index in [1.807, 2.05) is 18.2 Å². The Bertz CT molecular complexity index is 1180. The van der Waals surface area contributed by atoms with Crippen LogP contribution in [0.3, 0.4) is 0 Å². The minimum atomic E-state index is -2.68. The minimum Gasteiger partial charge on any atom is -0.396 e. The van der Waals surface area contributed by atoms with E-state index in [0.717, 1.165) is 11.3 Å². The molecule has 0 amide bonds. The van der Waals surface area contributed by atoms with Crippen molar-refractivity contribution in [2.24, 2.45) is 0 Å². The van der Waals surface area contributed by atoms with Crippen molar-refractivity contribution >= 4 is 30.2 Å². The molecule has 192 valence electrons. The Hall–Kier alpha value is -2.63. The molecule has 0 saturated heterocycles. The molecule has 4 aromatic carbocycles. The monoisotopic (exact) mass is 526 g/mol. The van der Waals surface area contributed by atoms with E-state index in [4.69, 9.17) is 0 Å². The van der Waals surface area contributed by atoms with E-state index in [0.29, 0.717) is 12.2 Å². The third-order valence-electron chi connectivity index (χ3n) is 7.25. The molecule has 4 aromatic rings. The van der Waals surface area contributed by atoms with Crippen LogP contribution in [0.15, 0.2) is 120 Å². The number of hydrogen-bond acceptors (Lipinski definition) is 3. The fraction of sp³-hybridized carbons (Fsp3) is 0.273. The molecule has 0 fully saturated rings. The third kappa shape index (κ3) is 6.45. The van der Waals surface area contributed by atoms with Crippen molar-refractivity contribution in [3.63, 3.8) is 0 Å². The molecular weight excluding hydrogens is 489 g/mol. The van der Waals surface area contributed by atoms with E-state index in [-0.39, 0.29) is 5.04 Å². The molecule has 0 radical (unpaired) electrons. The Kier molecular flexibility index (Phi) is 9.09. The summed E-state index contributed by atoms with van der Waals surface area (Å²) < 4.78 is 0. The van der Waals surface area contributed by atoms with Gasteiger partial charge in [0.1, 0.15) is 0 Å². The maximum Gasteiger partial charge on any atom is 0.153 e. The van der Waals surface area contributed by atoms with Crippen LogP contribution in [0.1, 0.15) is 38.3 Å². The summed E-state index contributed by atoms with van der Waals surface area (Å²) in [7, 11) is -2.68. The molecule has 4 rings (SSSR count). The largest absolute Gasteiger partial charge is 0.396 e. The van der Waals surface area contributed by atoms with E-state index in [2.05, 4.69) is 118 Å². The van der Waals surface area contributed by atoms with Gasteiger partial charge in [-0.2, -0.15) is 0 Å². The van der Waals surface area contributed by atoms with Gasteiger partial charge in [-0.1, -0.05) is 134 Å². The maximum absolute atomic E-state index is 11.9. The zero-order valence-corrected chi connectivity index (χ0v) is 23.9.